The first kappa shape index (κ1) is 22.6. The summed E-state index contributed by atoms with van der Waals surface area (Å²) in [6.45, 7) is 3.57. The molecule has 0 spiro atoms. The highest BCUT2D eigenvalue weighted by Gasteiger charge is 2.23. The Morgan fingerprint density at radius 1 is 1.00 bits per heavy atom. The van der Waals surface area contributed by atoms with E-state index in [0.717, 1.165) is 30.1 Å². The van der Waals surface area contributed by atoms with Crippen LogP contribution in [0.2, 0.25) is 0 Å². The number of carbonyl (C=O) groups excluding carboxylic acids is 1. The zero-order valence-electron chi connectivity index (χ0n) is 17.8. The van der Waals surface area contributed by atoms with Crippen LogP contribution in [0, 0.1) is 5.82 Å². The van der Waals surface area contributed by atoms with E-state index in [9.17, 15) is 17.6 Å². The molecule has 0 radical (unpaired) electrons. The summed E-state index contributed by atoms with van der Waals surface area (Å²) >= 11 is 1.66. The van der Waals surface area contributed by atoms with Gasteiger partial charge in [0.1, 0.15) is 5.82 Å². The standard InChI is InChI=1S/C24H25FN2O3S2/c1-32(29,30)17-18-4-2-6-20(14-18)24(28)27-12-10-26(11-13-27)16-22-8-9-23(31-22)19-5-3-7-21(25)15-19/h2-9,14-15H,10-13,16-17H2,1H3. The van der Waals surface area contributed by atoms with E-state index in [-0.39, 0.29) is 17.5 Å². The summed E-state index contributed by atoms with van der Waals surface area (Å²) in [6, 6.07) is 17.6. The predicted molar refractivity (Wildman–Crippen MR) is 126 cm³/mol. The Hall–Kier alpha value is -2.55. The quantitative estimate of drug-likeness (QED) is 0.543. The lowest BCUT2D eigenvalue weighted by Gasteiger charge is -2.34. The van der Waals surface area contributed by atoms with Crippen LogP contribution in [-0.4, -0.2) is 56.6 Å². The molecule has 0 unspecified atom stereocenters. The lowest BCUT2D eigenvalue weighted by atomic mass is 10.1. The molecular weight excluding hydrogens is 447 g/mol. The van der Waals surface area contributed by atoms with Gasteiger partial charge in [-0.15, -0.1) is 11.3 Å². The number of hydrogen-bond acceptors (Lipinski definition) is 5. The van der Waals surface area contributed by atoms with Gasteiger partial charge in [-0.05, 0) is 47.5 Å². The van der Waals surface area contributed by atoms with Gasteiger partial charge < -0.3 is 4.90 Å². The van der Waals surface area contributed by atoms with E-state index in [0.29, 0.717) is 24.2 Å². The molecule has 0 saturated carbocycles. The molecule has 1 aliphatic heterocycles. The molecular formula is C24H25FN2O3S2. The van der Waals surface area contributed by atoms with Crippen molar-refractivity contribution >= 4 is 27.1 Å². The summed E-state index contributed by atoms with van der Waals surface area (Å²) in [7, 11) is -3.15. The van der Waals surface area contributed by atoms with Crippen LogP contribution in [0.4, 0.5) is 4.39 Å². The van der Waals surface area contributed by atoms with Crippen molar-refractivity contribution in [3.05, 3.63) is 82.5 Å². The maximum absolute atomic E-state index is 13.5. The smallest absolute Gasteiger partial charge is 0.253 e. The van der Waals surface area contributed by atoms with Crippen molar-refractivity contribution in [3.63, 3.8) is 0 Å². The molecule has 0 N–H and O–H groups in total. The van der Waals surface area contributed by atoms with Crippen molar-refractivity contribution in [1.82, 2.24) is 9.80 Å². The van der Waals surface area contributed by atoms with E-state index in [1.807, 2.05) is 17.0 Å². The van der Waals surface area contributed by atoms with Crippen molar-refractivity contribution in [2.24, 2.45) is 0 Å². The highest BCUT2D eigenvalue weighted by molar-refractivity contribution is 7.89. The Bertz CT molecular complexity index is 1220. The SMILES string of the molecule is CS(=O)(=O)Cc1cccc(C(=O)N2CCN(Cc3ccc(-c4cccc(F)c4)s3)CC2)c1. The number of amides is 1. The molecule has 0 atom stereocenters. The molecule has 1 aromatic heterocycles. The Balaban J connectivity index is 1.34. The topological polar surface area (TPSA) is 57.7 Å². The second kappa shape index (κ2) is 9.52. The summed E-state index contributed by atoms with van der Waals surface area (Å²) < 4.78 is 36.6. The second-order valence-electron chi connectivity index (χ2n) is 8.12. The van der Waals surface area contributed by atoms with Crippen LogP contribution in [0.5, 0.6) is 0 Å². The van der Waals surface area contributed by atoms with E-state index >= 15 is 0 Å². The molecule has 168 valence electrons. The lowest BCUT2D eigenvalue weighted by molar-refractivity contribution is 0.0629. The number of benzene rings is 2. The minimum atomic E-state index is -3.15. The fraction of sp³-hybridized carbons (Fsp3) is 0.292. The van der Waals surface area contributed by atoms with Crippen molar-refractivity contribution < 1.29 is 17.6 Å². The number of sulfone groups is 1. The molecule has 1 saturated heterocycles. The number of nitrogens with zero attached hydrogens (tertiary/aromatic N) is 2. The van der Waals surface area contributed by atoms with Crippen molar-refractivity contribution in [2.75, 3.05) is 32.4 Å². The maximum Gasteiger partial charge on any atom is 0.253 e. The number of thiophene rings is 1. The first-order valence-electron chi connectivity index (χ1n) is 10.4. The van der Waals surface area contributed by atoms with Crippen molar-refractivity contribution in [3.8, 4) is 10.4 Å². The van der Waals surface area contributed by atoms with Gasteiger partial charge in [0, 0.05) is 54.3 Å². The second-order valence-corrected chi connectivity index (χ2v) is 11.4. The summed E-state index contributed by atoms with van der Waals surface area (Å²) in [4.78, 5) is 19.3. The van der Waals surface area contributed by atoms with Crippen LogP contribution >= 0.6 is 11.3 Å². The number of piperazine rings is 1. The average Bonchev–Trinajstić information content (AvgIpc) is 3.21. The molecule has 4 rings (SSSR count). The Morgan fingerprint density at radius 3 is 2.47 bits per heavy atom. The predicted octanol–water partition coefficient (Wildman–Crippen LogP) is 4.06. The number of carbonyl (C=O) groups is 1. The van der Waals surface area contributed by atoms with Crippen LogP contribution in [0.25, 0.3) is 10.4 Å². The summed E-state index contributed by atoms with van der Waals surface area (Å²) in [5, 5.41) is 0. The third-order valence-electron chi connectivity index (χ3n) is 5.41. The van der Waals surface area contributed by atoms with E-state index < -0.39 is 9.84 Å². The molecule has 0 bridgehead atoms. The van der Waals surface area contributed by atoms with E-state index in [2.05, 4.69) is 11.0 Å². The first-order valence-corrected chi connectivity index (χ1v) is 13.3. The van der Waals surface area contributed by atoms with Crippen LogP contribution in [-0.2, 0) is 22.1 Å². The fourth-order valence-electron chi connectivity index (χ4n) is 3.87. The molecule has 2 heterocycles. The summed E-state index contributed by atoms with van der Waals surface area (Å²) in [6.07, 6.45) is 1.19. The van der Waals surface area contributed by atoms with Crippen LogP contribution < -0.4 is 0 Å². The van der Waals surface area contributed by atoms with Gasteiger partial charge >= 0.3 is 0 Å². The van der Waals surface area contributed by atoms with Crippen molar-refractivity contribution in [1.29, 1.82) is 0 Å². The lowest BCUT2D eigenvalue weighted by Crippen LogP contribution is -2.48. The number of hydrogen-bond donors (Lipinski definition) is 0. The molecule has 3 aromatic rings. The van der Waals surface area contributed by atoms with Gasteiger partial charge in [0.05, 0.1) is 5.75 Å². The zero-order chi connectivity index (χ0) is 22.7. The molecule has 1 fully saturated rings. The largest absolute Gasteiger partial charge is 0.336 e. The molecule has 2 aromatic carbocycles. The molecule has 1 aliphatic rings. The van der Waals surface area contributed by atoms with Crippen LogP contribution in [0.1, 0.15) is 20.8 Å². The molecule has 8 heteroatoms. The van der Waals surface area contributed by atoms with Gasteiger partial charge in [-0.3, -0.25) is 9.69 Å². The maximum atomic E-state index is 13.5. The van der Waals surface area contributed by atoms with Gasteiger partial charge in [0.25, 0.3) is 5.91 Å². The molecule has 5 nitrogen and oxygen atoms in total. The Labute approximate surface area is 192 Å². The van der Waals surface area contributed by atoms with Crippen molar-refractivity contribution in [2.45, 2.75) is 12.3 Å². The van der Waals surface area contributed by atoms with Crippen LogP contribution in [0.15, 0.2) is 60.7 Å². The monoisotopic (exact) mass is 472 g/mol. The molecule has 32 heavy (non-hydrogen) atoms. The molecule has 0 aliphatic carbocycles. The van der Waals surface area contributed by atoms with E-state index in [4.69, 9.17) is 0 Å². The van der Waals surface area contributed by atoms with E-state index in [1.165, 1.54) is 17.2 Å². The third-order valence-corrected chi connectivity index (χ3v) is 7.39. The Kier molecular flexibility index (Phi) is 6.74. The van der Waals surface area contributed by atoms with Gasteiger partial charge in [0.15, 0.2) is 9.84 Å². The molecule has 1 amide bonds. The van der Waals surface area contributed by atoms with Gasteiger partial charge in [0.2, 0.25) is 0 Å². The van der Waals surface area contributed by atoms with Gasteiger partial charge in [-0.1, -0.05) is 24.3 Å². The van der Waals surface area contributed by atoms with Crippen LogP contribution in [0.3, 0.4) is 0 Å². The normalized spacial score (nSPS) is 15.1. The highest BCUT2D eigenvalue weighted by atomic mass is 32.2. The van der Waals surface area contributed by atoms with Gasteiger partial charge in [-0.25, -0.2) is 12.8 Å². The summed E-state index contributed by atoms with van der Waals surface area (Å²) in [5.41, 5.74) is 2.04. The number of halogens is 1. The zero-order valence-corrected chi connectivity index (χ0v) is 19.5. The third kappa shape index (κ3) is 5.82. The fourth-order valence-corrected chi connectivity index (χ4v) is 5.70. The number of rotatable bonds is 6. The minimum Gasteiger partial charge on any atom is -0.336 e. The van der Waals surface area contributed by atoms with E-state index in [1.54, 1.807) is 47.7 Å². The average molecular weight is 473 g/mol. The highest BCUT2D eigenvalue weighted by Crippen LogP contribution is 2.29. The minimum absolute atomic E-state index is 0.0653. The summed E-state index contributed by atoms with van der Waals surface area (Å²) in [5.74, 6) is -0.370. The first-order chi connectivity index (χ1) is 15.3. The van der Waals surface area contributed by atoms with Gasteiger partial charge in [-0.2, -0.15) is 0 Å². The Morgan fingerprint density at radius 2 is 1.75 bits per heavy atom.